The first kappa shape index (κ1) is 10.9. The van der Waals surface area contributed by atoms with E-state index in [9.17, 15) is 0 Å². The summed E-state index contributed by atoms with van der Waals surface area (Å²) in [6.07, 6.45) is 2.49. The van der Waals surface area contributed by atoms with Crippen molar-refractivity contribution in [3.63, 3.8) is 0 Å². The quantitative estimate of drug-likeness (QED) is 0.754. The third-order valence-electron chi connectivity index (χ3n) is 1.81. The van der Waals surface area contributed by atoms with Gasteiger partial charge in [-0.05, 0) is 0 Å². The summed E-state index contributed by atoms with van der Waals surface area (Å²) in [4.78, 5) is 3.88. The summed E-state index contributed by atoms with van der Waals surface area (Å²) in [5, 5.41) is 14.2. The standard InChI is InChI=1S/C8H10ClN5O2/c9-3-1-7-12-13-8(16-7)10-4-2-6-11-5-15-14-6/h5H,1-4H2,(H,10,13). The predicted molar refractivity (Wildman–Crippen MR) is 55.2 cm³/mol. The molecule has 0 unspecified atom stereocenters. The van der Waals surface area contributed by atoms with E-state index in [1.807, 2.05) is 0 Å². The molecule has 0 aromatic carbocycles. The summed E-state index contributed by atoms with van der Waals surface area (Å²) in [5.74, 6) is 1.62. The number of halogens is 1. The Balaban J connectivity index is 1.76. The molecule has 0 fully saturated rings. The molecule has 16 heavy (non-hydrogen) atoms. The first-order valence-corrected chi connectivity index (χ1v) is 5.29. The molecule has 0 bridgehead atoms. The van der Waals surface area contributed by atoms with Gasteiger partial charge >= 0.3 is 6.01 Å². The molecule has 0 spiro atoms. The van der Waals surface area contributed by atoms with Gasteiger partial charge in [0.05, 0.1) is 0 Å². The number of hydrogen-bond donors (Lipinski definition) is 1. The van der Waals surface area contributed by atoms with Crippen molar-refractivity contribution in [2.24, 2.45) is 0 Å². The van der Waals surface area contributed by atoms with Gasteiger partial charge in [-0.1, -0.05) is 10.3 Å². The minimum Gasteiger partial charge on any atom is -0.408 e. The third-order valence-corrected chi connectivity index (χ3v) is 2.00. The van der Waals surface area contributed by atoms with Crippen LogP contribution in [-0.2, 0) is 12.8 Å². The van der Waals surface area contributed by atoms with Gasteiger partial charge in [-0.25, -0.2) is 0 Å². The van der Waals surface area contributed by atoms with Crippen molar-refractivity contribution >= 4 is 17.6 Å². The van der Waals surface area contributed by atoms with E-state index < -0.39 is 0 Å². The Labute approximate surface area is 96.2 Å². The van der Waals surface area contributed by atoms with Crippen molar-refractivity contribution in [3.8, 4) is 0 Å². The minimum absolute atomic E-state index is 0.378. The number of aromatic nitrogens is 4. The van der Waals surface area contributed by atoms with Crippen LogP contribution in [0, 0.1) is 0 Å². The molecule has 0 aliphatic heterocycles. The average Bonchev–Trinajstić information content (AvgIpc) is 2.90. The number of anilines is 1. The van der Waals surface area contributed by atoms with Crippen molar-refractivity contribution in [1.82, 2.24) is 20.3 Å². The zero-order valence-corrected chi connectivity index (χ0v) is 9.15. The lowest BCUT2D eigenvalue weighted by molar-refractivity contribution is 0.410. The lowest BCUT2D eigenvalue weighted by Gasteiger charge is -1.96. The first-order chi connectivity index (χ1) is 7.88. The number of nitrogens with one attached hydrogen (secondary N) is 1. The molecule has 86 valence electrons. The van der Waals surface area contributed by atoms with E-state index in [0.717, 1.165) is 0 Å². The predicted octanol–water partition coefficient (Wildman–Crippen LogP) is 0.888. The molecule has 0 radical (unpaired) electrons. The topological polar surface area (TPSA) is 89.9 Å². The summed E-state index contributed by atoms with van der Waals surface area (Å²) in [6, 6.07) is 0.378. The lowest BCUT2D eigenvalue weighted by atomic mass is 10.4. The second-order valence-electron chi connectivity index (χ2n) is 2.96. The van der Waals surface area contributed by atoms with Gasteiger partial charge in [0.25, 0.3) is 0 Å². The molecule has 1 N–H and O–H groups in total. The second-order valence-corrected chi connectivity index (χ2v) is 3.34. The van der Waals surface area contributed by atoms with Crippen LogP contribution >= 0.6 is 11.6 Å². The Kier molecular flexibility index (Phi) is 3.71. The van der Waals surface area contributed by atoms with Crippen LogP contribution in [0.3, 0.4) is 0 Å². The van der Waals surface area contributed by atoms with E-state index >= 15 is 0 Å². The molecule has 0 amide bonds. The number of hydrogen-bond acceptors (Lipinski definition) is 7. The van der Waals surface area contributed by atoms with Crippen LogP contribution < -0.4 is 5.32 Å². The maximum atomic E-state index is 5.54. The van der Waals surface area contributed by atoms with E-state index in [0.29, 0.717) is 43.0 Å². The van der Waals surface area contributed by atoms with E-state index in [-0.39, 0.29) is 0 Å². The van der Waals surface area contributed by atoms with Crippen LogP contribution in [0.1, 0.15) is 11.7 Å². The fraction of sp³-hybridized carbons (Fsp3) is 0.500. The summed E-state index contributed by atoms with van der Waals surface area (Å²) in [5.41, 5.74) is 0. The van der Waals surface area contributed by atoms with Crippen molar-refractivity contribution < 1.29 is 8.94 Å². The van der Waals surface area contributed by atoms with Gasteiger partial charge in [-0.15, -0.1) is 16.7 Å². The number of nitrogens with zero attached hydrogens (tertiary/aromatic N) is 4. The van der Waals surface area contributed by atoms with Crippen molar-refractivity contribution in [3.05, 3.63) is 18.1 Å². The Morgan fingerprint density at radius 2 is 2.25 bits per heavy atom. The smallest absolute Gasteiger partial charge is 0.315 e. The van der Waals surface area contributed by atoms with E-state index in [2.05, 4.69) is 30.2 Å². The summed E-state index contributed by atoms with van der Waals surface area (Å²) >= 11 is 5.54. The van der Waals surface area contributed by atoms with Gasteiger partial charge < -0.3 is 14.3 Å². The van der Waals surface area contributed by atoms with Gasteiger partial charge in [0, 0.05) is 25.3 Å². The highest BCUT2D eigenvalue weighted by molar-refractivity contribution is 6.17. The largest absolute Gasteiger partial charge is 0.408 e. The second kappa shape index (κ2) is 5.45. The summed E-state index contributed by atoms with van der Waals surface area (Å²) in [7, 11) is 0. The molecule has 0 saturated heterocycles. The SMILES string of the molecule is ClCCc1nnc(NCCc2ncon2)o1. The van der Waals surface area contributed by atoms with Crippen molar-refractivity contribution in [1.29, 1.82) is 0 Å². The van der Waals surface area contributed by atoms with E-state index in [4.69, 9.17) is 16.0 Å². The molecule has 0 aliphatic rings. The van der Waals surface area contributed by atoms with Crippen LogP contribution in [0.5, 0.6) is 0 Å². The Bertz CT molecular complexity index is 416. The van der Waals surface area contributed by atoms with Crippen LogP contribution in [0.2, 0.25) is 0 Å². The molecule has 2 rings (SSSR count). The monoisotopic (exact) mass is 243 g/mol. The molecule has 2 aromatic rings. The molecule has 0 aliphatic carbocycles. The van der Waals surface area contributed by atoms with E-state index in [1.165, 1.54) is 6.39 Å². The maximum Gasteiger partial charge on any atom is 0.315 e. The lowest BCUT2D eigenvalue weighted by Crippen LogP contribution is -2.06. The number of alkyl halides is 1. The molecule has 0 atom stereocenters. The molecule has 2 aromatic heterocycles. The Morgan fingerprint density at radius 1 is 1.31 bits per heavy atom. The van der Waals surface area contributed by atoms with Gasteiger partial charge in [-0.3, -0.25) is 0 Å². The van der Waals surface area contributed by atoms with Gasteiger partial charge in [0.2, 0.25) is 12.3 Å². The first-order valence-electron chi connectivity index (χ1n) is 4.76. The molecular weight excluding hydrogens is 234 g/mol. The van der Waals surface area contributed by atoms with Crippen molar-refractivity contribution in [2.45, 2.75) is 12.8 Å². The Morgan fingerprint density at radius 3 is 3.00 bits per heavy atom. The van der Waals surface area contributed by atoms with Gasteiger partial charge in [0.1, 0.15) is 0 Å². The molecular formula is C8H10ClN5O2. The fourth-order valence-electron chi connectivity index (χ4n) is 1.09. The maximum absolute atomic E-state index is 5.54. The van der Waals surface area contributed by atoms with Crippen LogP contribution in [0.4, 0.5) is 6.01 Å². The van der Waals surface area contributed by atoms with Gasteiger partial charge in [0.15, 0.2) is 5.82 Å². The van der Waals surface area contributed by atoms with Crippen LogP contribution in [-0.4, -0.2) is 32.8 Å². The highest BCUT2D eigenvalue weighted by atomic mass is 35.5. The van der Waals surface area contributed by atoms with Gasteiger partial charge in [-0.2, -0.15) is 4.98 Å². The zero-order chi connectivity index (χ0) is 11.2. The fourth-order valence-corrected chi connectivity index (χ4v) is 1.25. The molecule has 7 nitrogen and oxygen atoms in total. The van der Waals surface area contributed by atoms with E-state index in [1.54, 1.807) is 0 Å². The number of aryl methyl sites for hydroxylation is 1. The number of rotatable bonds is 6. The molecule has 2 heterocycles. The summed E-state index contributed by atoms with van der Waals surface area (Å²) < 4.78 is 9.86. The highest BCUT2D eigenvalue weighted by Crippen LogP contribution is 2.06. The molecule has 8 heteroatoms. The molecule has 0 saturated carbocycles. The van der Waals surface area contributed by atoms with Crippen LogP contribution in [0.25, 0.3) is 0 Å². The average molecular weight is 244 g/mol. The summed E-state index contributed by atoms with van der Waals surface area (Å²) in [6.45, 7) is 0.599. The normalized spacial score (nSPS) is 10.6. The zero-order valence-electron chi connectivity index (χ0n) is 8.39. The van der Waals surface area contributed by atoms with Crippen LogP contribution in [0.15, 0.2) is 15.3 Å². The Hall–Kier alpha value is -1.63. The third kappa shape index (κ3) is 2.93. The van der Waals surface area contributed by atoms with Crippen molar-refractivity contribution in [2.75, 3.05) is 17.7 Å². The highest BCUT2D eigenvalue weighted by Gasteiger charge is 2.05. The minimum atomic E-state index is 0.378.